The first-order chi connectivity index (χ1) is 15.9. The molecule has 0 radical (unpaired) electrons. The van der Waals surface area contributed by atoms with Gasteiger partial charge in [-0.25, -0.2) is 8.42 Å². The summed E-state index contributed by atoms with van der Waals surface area (Å²) < 4.78 is 64.4. The lowest BCUT2D eigenvalue weighted by Gasteiger charge is -2.23. The van der Waals surface area contributed by atoms with Gasteiger partial charge in [-0.3, -0.25) is 9.10 Å². The summed E-state index contributed by atoms with van der Waals surface area (Å²) in [5.41, 5.74) is 0.216. The van der Waals surface area contributed by atoms with E-state index in [-0.39, 0.29) is 5.69 Å². The number of nitrogens with one attached hydrogen (secondary N) is 1. The molecule has 0 aliphatic rings. The Kier molecular flexibility index (Phi) is 8.17. The van der Waals surface area contributed by atoms with Gasteiger partial charge in [0.1, 0.15) is 6.54 Å². The number of halogens is 4. The average Bonchev–Trinajstić information content (AvgIpc) is 2.77. The third-order valence-corrected chi connectivity index (χ3v) is 7.15. The Morgan fingerprint density at radius 2 is 1.71 bits per heavy atom. The molecule has 1 N–H and O–H groups in total. The number of thioether (sulfide) groups is 1. The van der Waals surface area contributed by atoms with Crippen LogP contribution < -0.4 is 9.62 Å². The van der Waals surface area contributed by atoms with Crippen LogP contribution in [-0.4, -0.2) is 27.1 Å². The van der Waals surface area contributed by atoms with Gasteiger partial charge in [-0.05, 0) is 48.0 Å². The predicted octanol–water partition coefficient (Wildman–Crippen LogP) is 6.06. The lowest BCUT2D eigenvalue weighted by atomic mass is 10.2. The molecule has 3 aromatic carbocycles. The summed E-state index contributed by atoms with van der Waals surface area (Å²) in [5, 5.41) is 3.29. The second kappa shape index (κ2) is 10.7. The molecular formula is C23H20ClF3N2O3S2. The fourth-order valence-electron chi connectivity index (χ4n) is 3.00. The molecule has 0 saturated heterocycles. The monoisotopic (exact) mass is 528 g/mol. The van der Waals surface area contributed by atoms with Crippen molar-refractivity contribution in [2.75, 3.05) is 22.4 Å². The summed E-state index contributed by atoms with van der Waals surface area (Å²) in [4.78, 5) is 13.5. The summed E-state index contributed by atoms with van der Waals surface area (Å²) >= 11 is 7.36. The number of hydrogen-bond acceptors (Lipinski definition) is 4. The largest absolute Gasteiger partial charge is 0.416 e. The van der Waals surface area contributed by atoms with E-state index in [1.54, 1.807) is 36.4 Å². The smallest absolute Gasteiger partial charge is 0.323 e. The van der Waals surface area contributed by atoms with E-state index in [1.165, 1.54) is 17.8 Å². The zero-order valence-electron chi connectivity index (χ0n) is 17.8. The van der Waals surface area contributed by atoms with Gasteiger partial charge in [0.15, 0.2) is 0 Å². The standard InChI is InChI=1S/C23H20ClF3N2O3S2/c1-34(31,32)29(19-6-4-5-17(13-19)23(25,26)27)14-22(30)28-20-7-2-3-8-21(20)33-15-16-9-11-18(24)12-10-16/h2-13H,14-15H2,1H3,(H,28,30). The van der Waals surface area contributed by atoms with E-state index in [1.807, 2.05) is 12.1 Å². The third-order valence-electron chi connectivity index (χ3n) is 4.62. The van der Waals surface area contributed by atoms with Crippen LogP contribution in [0, 0.1) is 0 Å². The number of carbonyl (C=O) groups is 1. The first-order valence-electron chi connectivity index (χ1n) is 9.84. The van der Waals surface area contributed by atoms with Crippen molar-refractivity contribution in [1.82, 2.24) is 0 Å². The van der Waals surface area contributed by atoms with Crippen molar-refractivity contribution in [2.45, 2.75) is 16.8 Å². The first-order valence-corrected chi connectivity index (χ1v) is 13.1. The zero-order chi connectivity index (χ0) is 24.9. The molecule has 34 heavy (non-hydrogen) atoms. The predicted molar refractivity (Wildman–Crippen MR) is 130 cm³/mol. The van der Waals surface area contributed by atoms with Gasteiger partial charge in [-0.15, -0.1) is 11.8 Å². The third kappa shape index (κ3) is 7.15. The number of alkyl halides is 3. The summed E-state index contributed by atoms with van der Waals surface area (Å²) in [6.07, 6.45) is -3.82. The van der Waals surface area contributed by atoms with Crippen molar-refractivity contribution in [3.8, 4) is 0 Å². The van der Waals surface area contributed by atoms with Gasteiger partial charge in [0.2, 0.25) is 15.9 Å². The van der Waals surface area contributed by atoms with Crippen molar-refractivity contribution in [3.05, 3.63) is 88.9 Å². The van der Waals surface area contributed by atoms with Crippen LogP contribution >= 0.6 is 23.4 Å². The summed E-state index contributed by atoms with van der Waals surface area (Å²) in [6, 6.07) is 18.1. The van der Waals surface area contributed by atoms with E-state index in [0.29, 0.717) is 26.8 Å². The first kappa shape index (κ1) is 25.9. The summed E-state index contributed by atoms with van der Waals surface area (Å²) in [7, 11) is -4.04. The molecule has 0 atom stereocenters. The SMILES string of the molecule is CS(=O)(=O)N(CC(=O)Nc1ccccc1SCc1ccc(Cl)cc1)c1cccc(C(F)(F)F)c1. The molecule has 3 aromatic rings. The average molecular weight is 529 g/mol. The molecule has 0 saturated carbocycles. The highest BCUT2D eigenvalue weighted by atomic mass is 35.5. The van der Waals surface area contributed by atoms with Gasteiger partial charge >= 0.3 is 6.18 Å². The highest BCUT2D eigenvalue weighted by molar-refractivity contribution is 7.98. The highest BCUT2D eigenvalue weighted by Crippen LogP contribution is 2.33. The molecule has 0 heterocycles. The molecule has 5 nitrogen and oxygen atoms in total. The minimum absolute atomic E-state index is 0.252. The number of sulfonamides is 1. The Morgan fingerprint density at radius 1 is 1.03 bits per heavy atom. The van der Waals surface area contributed by atoms with Gasteiger partial charge in [0.25, 0.3) is 0 Å². The summed E-state index contributed by atoms with van der Waals surface area (Å²) in [6.45, 7) is -0.684. The normalized spacial score (nSPS) is 11.8. The van der Waals surface area contributed by atoms with Crippen LogP contribution in [0.1, 0.15) is 11.1 Å². The fourth-order valence-corrected chi connectivity index (χ4v) is 4.93. The second-order valence-electron chi connectivity index (χ2n) is 7.28. The maximum Gasteiger partial charge on any atom is 0.416 e. The second-order valence-corrected chi connectivity index (χ2v) is 10.6. The molecule has 0 spiro atoms. The van der Waals surface area contributed by atoms with Crippen LogP contribution in [0.4, 0.5) is 24.5 Å². The van der Waals surface area contributed by atoms with E-state index in [0.717, 1.165) is 28.8 Å². The Bertz CT molecular complexity index is 1270. The number of anilines is 2. The van der Waals surface area contributed by atoms with Crippen LogP contribution in [0.25, 0.3) is 0 Å². The number of amides is 1. The van der Waals surface area contributed by atoms with E-state index in [2.05, 4.69) is 5.32 Å². The zero-order valence-corrected chi connectivity index (χ0v) is 20.2. The molecule has 0 aliphatic heterocycles. The molecule has 11 heteroatoms. The van der Waals surface area contributed by atoms with E-state index in [9.17, 15) is 26.4 Å². The van der Waals surface area contributed by atoms with Gasteiger partial charge in [0, 0.05) is 15.7 Å². The number of rotatable bonds is 8. The van der Waals surface area contributed by atoms with Crippen LogP contribution in [-0.2, 0) is 26.7 Å². The van der Waals surface area contributed by atoms with E-state index < -0.39 is 34.2 Å². The maximum atomic E-state index is 13.1. The van der Waals surface area contributed by atoms with Gasteiger partial charge in [0.05, 0.1) is 23.2 Å². The highest BCUT2D eigenvalue weighted by Gasteiger charge is 2.32. The van der Waals surface area contributed by atoms with Gasteiger partial charge < -0.3 is 5.32 Å². The van der Waals surface area contributed by atoms with Crippen molar-refractivity contribution in [1.29, 1.82) is 0 Å². The van der Waals surface area contributed by atoms with E-state index >= 15 is 0 Å². The van der Waals surface area contributed by atoms with Crippen LogP contribution in [0.2, 0.25) is 5.02 Å². The lowest BCUT2D eigenvalue weighted by Crippen LogP contribution is -2.37. The molecule has 3 rings (SSSR count). The Labute approximate surface area is 205 Å². The van der Waals surface area contributed by atoms with Crippen LogP contribution in [0.15, 0.2) is 77.7 Å². The topological polar surface area (TPSA) is 66.5 Å². The molecular weight excluding hydrogens is 509 g/mol. The summed E-state index contributed by atoms with van der Waals surface area (Å²) in [5.74, 6) is -0.0913. The molecule has 0 unspecified atom stereocenters. The van der Waals surface area contributed by atoms with Crippen LogP contribution in [0.3, 0.4) is 0 Å². The Morgan fingerprint density at radius 3 is 2.35 bits per heavy atom. The molecule has 0 fully saturated rings. The molecule has 1 amide bonds. The Hall–Kier alpha value is -2.69. The lowest BCUT2D eigenvalue weighted by molar-refractivity contribution is -0.137. The minimum atomic E-state index is -4.65. The minimum Gasteiger partial charge on any atom is -0.323 e. The van der Waals surface area contributed by atoms with Gasteiger partial charge in [-0.1, -0.05) is 41.9 Å². The van der Waals surface area contributed by atoms with Gasteiger partial charge in [-0.2, -0.15) is 13.2 Å². The number of carbonyl (C=O) groups excluding carboxylic acids is 1. The number of hydrogen-bond donors (Lipinski definition) is 1. The molecule has 0 aromatic heterocycles. The fraction of sp³-hybridized carbons (Fsp3) is 0.174. The number of nitrogens with zero attached hydrogens (tertiary/aromatic N) is 1. The quantitative estimate of drug-likeness (QED) is 0.361. The Balaban J connectivity index is 1.76. The van der Waals surface area contributed by atoms with Crippen molar-refractivity contribution < 1.29 is 26.4 Å². The van der Waals surface area contributed by atoms with Crippen LogP contribution in [0.5, 0.6) is 0 Å². The molecule has 180 valence electrons. The number of benzene rings is 3. The van der Waals surface area contributed by atoms with E-state index in [4.69, 9.17) is 11.6 Å². The van der Waals surface area contributed by atoms with Crippen molar-refractivity contribution in [3.63, 3.8) is 0 Å². The number of para-hydroxylation sites is 1. The molecule has 0 bridgehead atoms. The van der Waals surface area contributed by atoms with Crippen molar-refractivity contribution >= 4 is 50.7 Å². The molecule has 0 aliphatic carbocycles. The maximum absolute atomic E-state index is 13.1. The van der Waals surface area contributed by atoms with Crippen molar-refractivity contribution in [2.24, 2.45) is 0 Å².